The lowest BCUT2D eigenvalue weighted by molar-refractivity contribution is 0.599. The summed E-state index contributed by atoms with van der Waals surface area (Å²) < 4.78 is 21.1. The Morgan fingerprint density at radius 2 is 1.85 bits per heavy atom. The summed E-state index contributed by atoms with van der Waals surface area (Å²) >= 11 is 11.5. The van der Waals surface area contributed by atoms with Crippen LogP contribution in [0.2, 0.25) is 5.02 Å². The molecular formula is C8H8Cl2O2S. The molecule has 13 heavy (non-hydrogen) atoms. The molecule has 0 spiro atoms. The third-order valence-corrected chi connectivity index (χ3v) is 4.08. The van der Waals surface area contributed by atoms with Crippen LogP contribution in [0.15, 0.2) is 24.3 Å². The zero-order valence-corrected chi connectivity index (χ0v) is 9.20. The molecule has 1 unspecified atom stereocenters. The molecule has 0 heterocycles. The summed E-state index contributed by atoms with van der Waals surface area (Å²) in [6.45, 7) is 0. The van der Waals surface area contributed by atoms with E-state index in [2.05, 4.69) is 0 Å². The Labute approximate surface area is 87.4 Å². The largest absolute Gasteiger partial charge is 0.227 e. The standard InChI is InChI=1S/C8H8Cl2O2S/c1-13(11,12)8(10)6-4-2-3-5-7(6)9/h2-5,8H,1H3. The lowest BCUT2D eigenvalue weighted by Crippen LogP contribution is -2.05. The van der Waals surface area contributed by atoms with Crippen LogP contribution in [0.4, 0.5) is 0 Å². The van der Waals surface area contributed by atoms with Crippen LogP contribution < -0.4 is 0 Å². The maximum Gasteiger partial charge on any atom is 0.168 e. The lowest BCUT2D eigenvalue weighted by atomic mass is 10.2. The van der Waals surface area contributed by atoms with Gasteiger partial charge in [-0.3, -0.25) is 0 Å². The van der Waals surface area contributed by atoms with E-state index in [1.54, 1.807) is 24.3 Å². The van der Waals surface area contributed by atoms with Gasteiger partial charge in [0, 0.05) is 16.8 Å². The van der Waals surface area contributed by atoms with E-state index >= 15 is 0 Å². The fourth-order valence-electron chi connectivity index (χ4n) is 0.890. The highest BCUT2D eigenvalue weighted by Gasteiger charge is 2.21. The minimum atomic E-state index is -3.30. The topological polar surface area (TPSA) is 34.1 Å². The molecule has 1 aromatic carbocycles. The smallest absolute Gasteiger partial charge is 0.168 e. The number of halogens is 2. The molecule has 0 aliphatic heterocycles. The molecule has 0 N–H and O–H groups in total. The van der Waals surface area contributed by atoms with Gasteiger partial charge in [-0.15, -0.1) is 11.6 Å². The maximum atomic E-state index is 11.1. The number of alkyl halides is 1. The van der Waals surface area contributed by atoms with E-state index in [0.717, 1.165) is 6.26 Å². The van der Waals surface area contributed by atoms with Crippen molar-refractivity contribution < 1.29 is 8.42 Å². The van der Waals surface area contributed by atoms with Gasteiger partial charge < -0.3 is 0 Å². The fourth-order valence-corrected chi connectivity index (χ4v) is 2.11. The Morgan fingerprint density at radius 1 is 1.31 bits per heavy atom. The van der Waals surface area contributed by atoms with Gasteiger partial charge in [-0.25, -0.2) is 8.42 Å². The highest BCUT2D eigenvalue weighted by molar-refractivity contribution is 7.92. The van der Waals surface area contributed by atoms with E-state index < -0.39 is 14.5 Å². The van der Waals surface area contributed by atoms with Crippen molar-refractivity contribution in [3.8, 4) is 0 Å². The molecule has 0 aliphatic rings. The molecule has 5 heteroatoms. The number of hydrogen-bond acceptors (Lipinski definition) is 2. The molecule has 0 saturated heterocycles. The highest BCUT2D eigenvalue weighted by Crippen LogP contribution is 2.31. The first kappa shape index (κ1) is 10.8. The molecular weight excluding hydrogens is 231 g/mol. The zero-order chi connectivity index (χ0) is 10.1. The predicted molar refractivity (Wildman–Crippen MR) is 54.9 cm³/mol. The van der Waals surface area contributed by atoms with E-state index in [0.29, 0.717) is 10.6 Å². The van der Waals surface area contributed by atoms with Crippen molar-refractivity contribution in [2.45, 2.75) is 4.71 Å². The molecule has 72 valence electrons. The van der Waals surface area contributed by atoms with Crippen LogP contribution in [0.1, 0.15) is 10.3 Å². The number of rotatable bonds is 2. The van der Waals surface area contributed by atoms with Crippen molar-refractivity contribution in [1.82, 2.24) is 0 Å². The monoisotopic (exact) mass is 238 g/mol. The normalized spacial score (nSPS) is 14.1. The van der Waals surface area contributed by atoms with Gasteiger partial charge >= 0.3 is 0 Å². The van der Waals surface area contributed by atoms with Crippen molar-refractivity contribution in [2.75, 3.05) is 6.26 Å². The summed E-state index contributed by atoms with van der Waals surface area (Å²) in [6.07, 6.45) is 1.08. The summed E-state index contributed by atoms with van der Waals surface area (Å²) in [7, 11) is -3.30. The first-order chi connectivity index (χ1) is 5.93. The van der Waals surface area contributed by atoms with Gasteiger partial charge in [-0.1, -0.05) is 29.8 Å². The lowest BCUT2D eigenvalue weighted by Gasteiger charge is -2.08. The minimum Gasteiger partial charge on any atom is -0.227 e. The molecule has 0 aromatic heterocycles. The van der Waals surface area contributed by atoms with Gasteiger partial charge in [0.2, 0.25) is 0 Å². The second kappa shape index (κ2) is 3.86. The van der Waals surface area contributed by atoms with Crippen LogP contribution in [0.25, 0.3) is 0 Å². The zero-order valence-electron chi connectivity index (χ0n) is 6.87. The van der Waals surface area contributed by atoms with E-state index in [-0.39, 0.29) is 0 Å². The third-order valence-electron chi connectivity index (χ3n) is 1.53. The Bertz CT molecular complexity index is 400. The molecule has 0 aliphatic carbocycles. The summed E-state index contributed by atoms with van der Waals surface area (Å²) in [5.41, 5.74) is 0.424. The molecule has 0 fully saturated rings. The molecule has 1 atom stereocenters. The van der Waals surface area contributed by atoms with Crippen molar-refractivity contribution in [3.05, 3.63) is 34.9 Å². The molecule has 0 saturated carbocycles. The van der Waals surface area contributed by atoms with Gasteiger partial charge in [-0.05, 0) is 6.07 Å². The Balaban J connectivity index is 3.17. The summed E-state index contributed by atoms with van der Waals surface area (Å²) in [6, 6.07) is 6.62. The number of benzene rings is 1. The maximum absolute atomic E-state index is 11.1. The van der Waals surface area contributed by atoms with Crippen LogP contribution >= 0.6 is 23.2 Å². The Morgan fingerprint density at radius 3 is 2.31 bits per heavy atom. The third kappa shape index (κ3) is 2.59. The second-order valence-corrected chi connectivity index (χ2v) is 5.90. The van der Waals surface area contributed by atoms with Crippen LogP contribution in [-0.4, -0.2) is 14.7 Å². The predicted octanol–water partition coefficient (Wildman–Crippen LogP) is 2.62. The van der Waals surface area contributed by atoms with Crippen molar-refractivity contribution in [2.24, 2.45) is 0 Å². The van der Waals surface area contributed by atoms with Crippen molar-refractivity contribution in [3.63, 3.8) is 0 Å². The first-order valence-electron chi connectivity index (χ1n) is 3.50. The number of sulfone groups is 1. The summed E-state index contributed by atoms with van der Waals surface area (Å²) in [5.74, 6) is 0. The van der Waals surface area contributed by atoms with Crippen LogP contribution in [-0.2, 0) is 9.84 Å². The molecule has 1 aromatic rings. The fraction of sp³-hybridized carbons (Fsp3) is 0.250. The summed E-state index contributed by atoms with van der Waals surface area (Å²) in [4.78, 5) is 0. The Hall–Kier alpha value is -0.250. The number of hydrogen-bond donors (Lipinski definition) is 0. The molecule has 0 radical (unpaired) electrons. The van der Waals surface area contributed by atoms with E-state index in [9.17, 15) is 8.42 Å². The van der Waals surface area contributed by atoms with Gasteiger partial charge in [0.15, 0.2) is 14.5 Å². The van der Waals surface area contributed by atoms with Crippen molar-refractivity contribution >= 4 is 33.0 Å². The summed E-state index contributed by atoms with van der Waals surface area (Å²) in [5, 5.41) is 0.368. The quantitative estimate of drug-likeness (QED) is 0.743. The van der Waals surface area contributed by atoms with Gasteiger partial charge in [0.05, 0.1) is 0 Å². The van der Waals surface area contributed by atoms with Gasteiger partial charge in [0.25, 0.3) is 0 Å². The first-order valence-corrected chi connectivity index (χ1v) is 6.27. The van der Waals surface area contributed by atoms with E-state index in [4.69, 9.17) is 23.2 Å². The average Bonchev–Trinajstić information content (AvgIpc) is 2.02. The highest BCUT2D eigenvalue weighted by atomic mass is 35.5. The molecule has 0 bridgehead atoms. The molecule has 0 amide bonds. The van der Waals surface area contributed by atoms with Crippen molar-refractivity contribution in [1.29, 1.82) is 0 Å². The minimum absolute atomic E-state index is 0.368. The molecule has 1 rings (SSSR count). The van der Waals surface area contributed by atoms with E-state index in [1.165, 1.54) is 0 Å². The molecule has 2 nitrogen and oxygen atoms in total. The Kier molecular flexibility index (Phi) is 3.22. The van der Waals surface area contributed by atoms with Gasteiger partial charge in [-0.2, -0.15) is 0 Å². The van der Waals surface area contributed by atoms with Gasteiger partial charge in [0.1, 0.15) is 0 Å². The van der Waals surface area contributed by atoms with E-state index in [1.807, 2.05) is 0 Å². The van der Waals surface area contributed by atoms with Crippen LogP contribution in [0, 0.1) is 0 Å². The van der Waals surface area contributed by atoms with Crippen LogP contribution in [0.5, 0.6) is 0 Å². The average molecular weight is 239 g/mol. The van der Waals surface area contributed by atoms with Crippen LogP contribution in [0.3, 0.4) is 0 Å². The SMILES string of the molecule is CS(=O)(=O)C(Cl)c1ccccc1Cl. The second-order valence-electron chi connectivity index (χ2n) is 2.67.